The maximum atomic E-state index is 13.1. The van der Waals surface area contributed by atoms with Gasteiger partial charge in [0.15, 0.2) is 0 Å². The van der Waals surface area contributed by atoms with Crippen LogP contribution in [0.2, 0.25) is 0 Å². The summed E-state index contributed by atoms with van der Waals surface area (Å²) in [7, 11) is -0.665. The second kappa shape index (κ2) is 8.96. The highest BCUT2D eigenvalue weighted by Crippen LogP contribution is 2.18. The number of carbonyl (C=O) groups excluding carboxylic acids is 1. The quantitative estimate of drug-likeness (QED) is 0.747. The van der Waals surface area contributed by atoms with Crippen LogP contribution in [0.3, 0.4) is 0 Å². The first-order valence-electron chi connectivity index (χ1n) is 8.53. The molecule has 0 unspecified atom stereocenters. The van der Waals surface area contributed by atoms with Gasteiger partial charge in [0.2, 0.25) is 15.9 Å². The van der Waals surface area contributed by atoms with E-state index in [4.69, 9.17) is 0 Å². The fourth-order valence-electron chi connectivity index (χ4n) is 2.56. The predicted molar refractivity (Wildman–Crippen MR) is 103 cm³/mol. The lowest BCUT2D eigenvalue weighted by atomic mass is 10.2. The zero-order chi connectivity index (χ0) is 20.0. The van der Waals surface area contributed by atoms with Gasteiger partial charge in [-0.15, -0.1) is 0 Å². The van der Waals surface area contributed by atoms with Crippen molar-refractivity contribution in [3.63, 3.8) is 0 Å². The van der Waals surface area contributed by atoms with Gasteiger partial charge in [0, 0.05) is 32.9 Å². The molecule has 0 radical (unpaired) electrons. The SMILES string of the molecule is CCN(CC(=O)NCc1ccccc1S(=O)(=O)N(C)C)c1ccc(F)cc1. The molecular formula is C19H24FN3O3S. The molecular weight excluding hydrogens is 369 g/mol. The van der Waals surface area contributed by atoms with Crippen molar-refractivity contribution in [3.8, 4) is 0 Å². The third-order valence-corrected chi connectivity index (χ3v) is 6.03. The Balaban J connectivity index is 2.07. The minimum atomic E-state index is -3.59. The molecule has 8 heteroatoms. The van der Waals surface area contributed by atoms with Crippen LogP contribution in [0.4, 0.5) is 10.1 Å². The lowest BCUT2D eigenvalue weighted by molar-refractivity contribution is -0.119. The first kappa shape index (κ1) is 20.9. The van der Waals surface area contributed by atoms with Crippen molar-refractivity contribution in [1.82, 2.24) is 9.62 Å². The summed E-state index contributed by atoms with van der Waals surface area (Å²) in [6, 6.07) is 12.5. The normalized spacial score (nSPS) is 11.4. The van der Waals surface area contributed by atoms with Crippen molar-refractivity contribution in [1.29, 1.82) is 0 Å². The number of nitrogens with zero attached hydrogens (tertiary/aromatic N) is 2. The number of nitrogens with one attached hydrogen (secondary N) is 1. The molecule has 2 aromatic carbocycles. The molecule has 1 amide bonds. The van der Waals surface area contributed by atoms with Gasteiger partial charge in [-0.3, -0.25) is 4.79 Å². The summed E-state index contributed by atoms with van der Waals surface area (Å²) in [6.45, 7) is 2.66. The van der Waals surface area contributed by atoms with Crippen molar-refractivity contribution in [2.45, 2.75) is 18.4 Å². The second-order valence-corrected chi connectivity index (χ2v) is 8.28. The number of likely N-dealkylation sites (N-methyl/N-ethyl adjacent to an activating group) is 1. The van der Waals surface area contributed by atoms with Crippen LogP contribution in [0, 0.1) is 5.82 Å². The maximum absolute atomic E-state index is 13.1. The fourth-order valence-corrected chi connectivity index (χ4v) is 3.67. The Hall–Kier alpha value is -2.45. The molecule has 0 aromatic heterocycles. The van der Waals surface area contributed by atoms with Gasteiger partial charge in [-0.25, -0.2) is 17.1 Å². The van der Waals surface area contributed by atoms with Crippen molar-refractivity contribution >= 4 is 21.6 Å². The Morgan fingerprint density at radius 1 is 1.07 bits per heavy atom. The van der Waals surface area contributed by atoms with E-state index in [0.29, 0.717) is 12.1 Å². The number of carbonyl (C=O) groups is 1. The molecule has 0 bridgehead atoms. The van der Waals surface area contributed by atoms with E-state index in [2.05, 4.69) is 5.32 Å². The van der Waals surface area contributed by atoms with Gasteiger partial charge in [-0.2, -0.15) is 0 Å². The molecule has 0 aliphatic rings. The van der Waals surface area contributed by atoms with Crippen molar-refractivity contribution in [2.75, 3.05) is 32.1 Å². The Bertz CT molecular complexity index is 883. The Morgan fingerprint density at radius 3 is 2.30 bits per heavy atom. The zero-order valence-corrected chi connectivity index (χ0v) is 16.5. The van der Waals surface area contributed by atoms with Gasteiger partial charge >= 0.3 is 0 Å². The number of sulfonamides is 1. The molecule has 0 aliphatic heterocycles. The van der Waals surface area contributed by atoms with Gasteiger partial charge in [-0.05, 0) is 42.8 Å². The van der Waals surface area contributed by atoms with Gasteiger partial charge in [0.05, 0.1) is 11.4 Å². The van der Waals surface area contributed by atoms with Crippen LogP contribution in [0.25, 0.3) is 0 Å². The molecule has 0 saturated heterocycles. The van der Waals surface area contributed by atoms with Gasteiger partial charge < -0.3 is 10.2 Å². The monoisotopic (exact) mass is 393 g/mol. The van der Waals surface area contributed by atoms with Crippen LogP contribution in [-0.2, 0) is 21.4 Å². The molecule has 0 spiro atoms. The molecule has 146 valence electrons. The number of rotatable bonds is 8. The van der Waals surface area contributed by atoms with Crippen LogP contribution in [0.5, 0.6) is 0 Å². The minimum Gasteiger partial charge on any atom is -0.362 e. The smallest absolute Gasteiger partial charge is 0.242 e. The summed E-state index contributed by atoms with van der Waals surface area (Å²) in [5.74, 6) is -0.587. The summed E-state index contributed by atoms with van der Waals surface area (Å²) in [6.07, 6.45) is 0. The van der Waals surface area contributed by atoms with E-state index in [1.807, 2.05) is 6.92 Å². The third-order valence-electron chi connectivity index (χ3n) is 4.12. The summed E-state index contributed by atoms with van der Waals surface area (Å²) < 4.78 is 39.0. The van der Waals surface area contributed by atoms with E-state index in [1.54, 1.807) is 35.2 Å². The molecule has 1 N–H and O–H groups in total. The highest BCUT2D eigenvalue weighted by Gasteiger charge is 2.21. The van der Waals surface area contributed by atoms with Gasteiger partial charge in [0.1, 0.15) is 5.82 Å². The first-order valence-corrected chi connectivity index (χ1v) is 9.97. The highest BCUT2D eigenvalue weighted by atomic mass is 32.2. The summed E-state index contributed by atoms with van der Waals surface area (Å²) in [5.41, 5.74) is 1.26. The summed E-state index contributed by atoms with van der Waals surface area (Å²) >= 11 is 0. The number of hydrogen-bond donors (Lipinski definition) is 1. The molecule has 0 saturated carbocycles. The number of benzene rings is 2. The molecule has 2 aromatic rings. The summed E-state index contributed by atoms with van der Waals surface area (Å²) in [5, 5.41) is 2.76. The van der Waals surface area contributed by atoms with E-state index in [9.17, 15) is 17.6 Å². The lowest BCUT2D eigenvalue weighted by Gasteiger charge is -2.22. The number of amides is 1. The van der Waals surface area contributed by atoms with Crippen LogP contribution in [-0.4, -0.2) is 45.8 Å². The van der Waals surface area contributed by atoms with Crippen LogP contribution in [0.1, 0.15) is 12.5 Å². The van der Waals surface area contributed by atoms with E-state index in [-0.39, 0.29) is 29.7 Å². The number of anilines is 1. The van der Waals surface area contributed by atoms with Crippen LogP contribution < -0.4 is 10.2 Å². The third kappa shape index (κ3) is 5.27. The molecule has 0 aliphatic carbocycles. The topological polar surface area (TPSA) is 69.7 Å². The van der Waals surface area contributed by atoms with E-state index in [1.165, 1.54) is 32.3 Å². The number of hydrogen-bond acceptors (Lipinski definition) is 4. The zero-order valence-electron chi connectivity index (χ0n) is 15.6. The fraction of sp³-hybridized carbons (Fsp3) is 0.316. The maximum Gasteiger partial charge on any atom is 0.242 e. The molecule has 0 fully saturated rings. The molecule has 0 atom stereocenters. The predicted octanol–water partition coefficient (Wildman–Crippen LogP) is 2.22. The molecule has 27 heavy (non-hydrogen) atoms. The van der Waals surface area contributed by atoms with Crippen LogP contribution >= 0.6 is 0 Å². The first-order chi connectivity index (χ1) is 12.8. The Kier molecular flexibility index (Phi) is 6.92. The van der Waals surface area contributed by atoms with Crippen molar-refractivity contribution < 1.29 is 17.6 Å². The van der Waals surface area contributed by atoms with Crippen LogP contribution in [0.15, 0.2) is 53.4 Å². The highest BCUT2D eigenvalue weighted by molar-refractivity contribution is 7.89. The lowest BCUT2D eigenvalue weighted by Crippen LogP contribution is -2.37. The largest absolute Gasteiger partial charge is 0.362 e. The number of halogens is 1. The average molecular weight is 393 g/mol. The summed E-state index contributed by atoms with van der Waals surface area (Å²) in [4.78, 5) is 14.3. The minimum absolute atomic E-state index is 0.0880. The average Bonchev–Trinajstić information content (AvgIpc) is 2.65. The van der Waals surface area contributed by atoms with E-state index < -0.39 is 10.0 Å². The van der Waals surface area contributed by atoms with E-state index >= 15 is 0 Å². The molecule has 0 heterocycles. The second-order valence-electron chi connectivity index (χ2n) is 6.16. The van der Waals surface area contributed by atoms with Gasteiger partial charge in [0.25, 0.3) is 0 Å². The molecule has 6 nitrogen and oxygen atoms in total. The Labute approximate surface area is 159 Å². The van der Waals surface area contributed by atoms with Crippen molar-refractivity contribution in [3.05, 3.63) is 59.9 Å². The molecule has 2 rings (SSSR count). The Morgan fingerprint density at radius 2 is 1.70 bits per heavy atom. The van der Waals surface area contributed by atoms with Gasteiger partial charge in [-0.1, -0.05) is 18.2 Å². The van der Waals surface area contributed by atoms with E-state index in [0.717, 1.165) is 9.99 Å². The van der Waals surface area contributed by atoms with Crippen molar-refractivity contribution in [2.24, 2.45) is 0 Å². The standard InChI is InChI=1S/C19H24FN3O3S/c1-4-23(17-11-9-16(20)10-12-17)14-19(24)21-13-15-7-5-6-8-18(15)27(25,26)22(2)3/h5-12H,4,13-14H2,1-3H3,(H,21,24).